The topological polar surface area (TPSA) is 24.5 Å². The zero-order valence-corrected chi connectivity index (χ0v) is 6.58. The van der Waals surface area contributed by atoms with Gasteiger partial charge in [-0.05, 0) is 13.0 Å². The summed E-state index contributed by atoms with van der Waals surface area (Å²) in [5, 5.41) is 3.32. The summed E-state index contributed by atoms with van der Waals surface area (Å²) in [5.41, 5.74) is 1.31. The van der Waals surface area contributed by atoms with E-state index >= 15 is 0 Å². The van der Waals surface area contributed by atoms with Crippen molar-refractivity contribution in [3.05, 3.63) is 24.2 Å². The summed E-state index contributed by atoms with van der Waals surface area (Å²) in [7, 11) is 0. The Morgan fingerprint density at radius 1 is 1.73 bits per heavy atom. The molecule has 60 valence electrons. The highest BCUT2D eigenvalue weighted by Gasteiger charge is 2.16. The van der Waals surface area contributed by atoms with Gasteiger partial charge in [-0.2, -0.15) is 0 Å². The van der Waals surface area contributed by atoms with Crippen molar-refractivity contribution < 1.29 is 4.74 Å². The minimum absolute atomic E-state index is 0.499. The second kappa shape index (κ2) is 2.58. The molecule has 2 rings (SSSR count). The van der Waals surface area contributed by atoms with Gasteiger partial charge in [0.15, 0.2) is 6.73 Å². The Morgan fingerprint density at radius 3 is 3.18 bits per heavy atom. The van der Waals surface area contributed by atoms with Crippen molar-refractivity contribution in [2.24, 2.45) is 0 Å². The van der Waals surface area contributed by atoms with Gasteiger partial charge in [-0.3, -0.25) is 0 Å². The molecule has 3 nitrogen and oxygen atoms in total. The number of rotatable bonds is 1. The molecule has 0 aromatic carbocycles. The van der Waals surface area contributed by atoms with Gasteiger partial charge in [0.1, 0.15) is 6.26 Å². The normalized spacial score (nSPS) is 29.0. The zero-order chi connectivity index (χ0) is 7.68. The molecule has 3 heteroatoms. The monoisotopic (exact) mass is 152 g/mol. The number of hydrogen-bond donors (Lipinski definition) is 1. The van der Waals surface area contributed by atoms with Crippen molar-refractivity contribution in [1.82, 2.24) is 10.2 Å². The van der Waals surface area contributed by atoms with Crippen molar-refractivity contribution in [3.63, 3.8) is 0 Å². The summed E-state index contributed by atoms with van der Waals surface area (Å²) >= 11 is 0. The Balaban J connectivity index is 2.04. The molecule has 2 aliphatic heterocycles. The predicted octanol–water partition coefficient (Wildman–Crippen LogP) is 0.623. The first-order chi connectivity index (χ1) is 5.36. The molecule has 0 aromatic heterocycles. The summed E-state index contributed by atoms with van der Waals surface area (Å²) < 4.78 is 5.08. The second-order valence-corrected chi connectivity index (χ2v) is 2.88. The summed E-state index contributed by atoms with van der Waals surface area (Å²) in [6.45, 7) is 3.77. The molecule has 11 heavy (non-hydrogen) atoms. The summed E-state index contributed by atoms with van der Waals surface area (Å²) in [5.74, 6) is 0. The Labute approximate surface area is 66.3 Å². The van der Waals surface area contributed by atoms with Crippen LogP contribution >= 0.6 is 0 Å². The molecule has 0 saturated heterocycles. The second-order valence-electron chi connectivity index (χ2n) is 2.88. The molecule has 2 aliphatic rings. The van der Waals surface area contributed by atoms with E-state index in [2.05, 4.69) is 23.2 Å². The van der Waals surface area contributed by atoms with E-state index < -0.39 is 0 Å². The van der Waals surface area contributed by atoms with Crippen molar-refractivity contribution in [2.75, 3.05) is 13.3 Å². The van der Waals surface area contributed by atoms with Crippen LogP contribution in [0.3, 0.4) is 0 Å². The lowest BCUT2D eigenvalue weighted by Gasteiger charge is -2.13. The Bertz CT molecular complexity index is 210. The van der Waals surface area contributed by atoms with Crippen LogP contribution in [-0.2, 0) is 4.74 Å². The lowest BCUT2D eigenvalue weighted by molar-refractivity contribution is 0.194. The van der Waals surface area contributed by atoms with E-state index in [-0.39, 0.29) is 0 Å². The number of nitrogens with zero attached hydrogens (tertiary/aromatic N) is 1. The number of ether oxygens (including phenoxy) is 1. The van der Waals surface area contributed by atoms with E-state index in [9.17, 15) is 0 Å². The summed E-state index contributed by atoms with van der Waals surface area (Å²) in [4.78, 5) is 2.11. The van der Waals surface area contributed by atoms with Gasteiger partial charge in [0, 0.05) is 24.5 Å². The fourth-order valence-corrected chi connectivity index (χ4v) is 1.33. The first-order valence-corrected chi connectivity index (χ1v) is 3.85. The van der Waals surface area contributed by atoms with Crippen LogP contribution in [0.4, 0.5) is 0 Å². The van der Waals surface area contributed by atoms with Crippen molar-refractivity contribution in [3.8, 4) is 0 Å². The molecular weight excluding hydrogens is 140 g/mol. The maximum Gasteiger partial charge on any atom is 0.164 e. The van der Waals surface area contributed by atoms with Crippen molar-refractivity contribution in [2.45, 2.75) is 13.0 Å². The minimum atomic E-state index is 0.499. The van der Waals surface area contributed by atoms with E-state index in [4.69, 9.17) is 4.74 Å². The highest BCUT2D eigenvalue weighted by atomic mass is 16.5. The number of nitrogens with one attached hydrogen (secondary N) is 1. The smallest absolute Gasteiger partial charge is 0.164 e. The molecule has 0 saturated carbocycles. The average Bonchev–Trinajstić information content (AvgIpc) is 2.55. The highest BCUT2D eigenvalue weighted by molar-refractivity contribution is 5.16. The largest absolute Gasteiger partial charge is 0.479 e. The first-order valence-electron chi connectivity index (χ1n) is 3.85. The van der Waals surface area contributed by atoms with Crippen LogP contribution in [0.5, 0.6) is 0 Å². The summed E-state index contributed by atoms with van der Waals surface area (Å²) in [6, 6.07) is 0.499. The fourth-order valence-electron chi connectivity index (χ4n) is 1.33. The van der Waals surface area contributed by atoms with Crippen LogP contribution in [-0.4, -0.2) is 24.2 Å². The molecule has 0 aromatic rings. The molecule has 0 aliphatic carbocycles. The van der Waals surface area contributed by atoms with Crippen LogP contribution in [0.1, 0.15) is 6.92 Å². The lowest BCUT2D eigenvalue weighted by atomic mass is 10.3. The molecule has 0 bridgehead atoms. The quantitative estimate of drug-likeness (QED) is 0.596. The zero-order valence-electron chi connectivity index (χ0n) is 6.58. The molecule has 1 N–H and O–H groups in total. The van der Waals surface area contributed by atoms with E-state index in [1.165, 1.54) is 5.70 Å². The van der Waals surface area contributed by atoms with E-state index in [1.54, 1.807) is 6.26 Å². The third kappa shape index (κ3) is 1.24. The number of hydrogen-bond acceptors (Lipinski definition) is 3. The minimum Gasteiger partial charge on any atom is -0.479 e. The summed E-state index contributed by atoms with van der Waals surface area (Å²) in [6.07, 6.45) is 5.91. The molecule has 1 atom stereocenters. The van der Waals surface area contributed by atoms with Gasteiger partial charge in [0.25, 0.3) is 0 Å². The maximum absolute atomic E-state index is 5.08. The van der Waals surface area contributed by atoms with Gasteiger partial charge < -0.3 is 15.0 Å². The molecule has 0 amide bonds. The van der Waals surface area contributed by atoms with Crippen LogP contribution in [0.15, 0.2) is 24.2 Å². The van der Waals surface area contributed by atoms with E-state index in [0.29, 0.717) is 12.8 Å². The SMILES string of the molecule is CC1C=C(N2C=COC2)CN1. The standard InChI is InChI=1S/C8H12N2O/c1-7-4-8(5-9-7)10-2-3-11-6-10/h2-4,7,9H,5-6H2,1H3. The fraction of sp³-hybridized carbons (Fsp3) is 0.500. The van der Waals surface area contributed by atoms with Gasteiger partial charge in [-0.1, -0.05) is 0 Å². The van der Waals surface area contributed by atoms with E-state index in [1.807, 2.05) is 6.20 Å². The Morgan fingerprint density at radius 2 is 2.64 bits per heavy atom. The van der Waals surface area contributed by atoms with Crippen LogP contribution < -0.4 is 5.32 Å². The molecule has 1 unspecified atom stereocenters. The van der Waals surface area contributed by atoms with Crippen LogP contribution in [0.25, 0.3) is 0 Å². The maximum atomic E-state index is 5.08. The van der Waals surface area contributed by atoms with Crippen molar-refractivity contribution >= 4 is 0 Å². The van der Waals surface area contributed by atoms with Gasteiger partial charge in [0.05, 0.1) is 0 Å². The van der Waals surface area contributed by atoms with Crippen LogP contribution in [0, 0.1) is 0 Å². The van der Waals surface area contributed by atoms with Crippen molar-refractivity contribution in [1.29, 1.82) is 0 Å². The highest BCUT2D eigenvalue weighted by Crippen LogP contribution is 2.14. The third-order valence-electron chi connectivity index (χ3n) is 1.97. The van der Waals surface area contributed by atoms with Gasteiger partial charge in [-0.15, -0.1) is 0 Å². The molecule has 0 radical (unpaired) electrons. The molecule has 2 heterocycles. The molecule has 0 spiro atoms. The first kappa shape index (κ1) is 6.73. The van der Waals surface area contributed by atoms with E-state index in [0.717, 1.165) is 6.54 Å². The average molecular weight is 152 g/mol. The third-order valence-corrected chi connectivity index (χ3v) is 1.97. The molecule has 0 fully saturated rings. The van der Waals surface area contributed by atoms with Gasteiger partial charge >= 0.3 is 0 Å². The Hall–Kier alpha value is -0.960. The van der Waals surface area contributed by atoms with Gasteiger partial charge in [-0.25, -0.2) is 0 Å². The molecular formula is C8H12N2O. The Kier molecular flexibility index (Phi) is 1.58. The van der Waals surface area contributed by atoms with Crippen LogP contribution in [0.2, 0.25) is 0 Å². The predicted molar refractivity (Wildman–Crippen MR) is 42.5 cm³/mol. The lowest BCUT2D eigenvalue weighted by Crippen LogP contribution is -2.22. The van der Waals surface area contributed by atoms with Gasteiger partial charge in [0.2, 0.25) is 0 Å².